The highest BCUT2D eigenvalue weighted by Gasteiger charge is 2.54. The molecule has 0 aromatic heterocycles. The Morgan fingerprint density at radius 1 is 1.08 bits per heavy atom. The number of hydrogen-bond acceptors (Lipinski definition) is 5. The largest absolute Gasteiger partial charge is 0.507 e. The second-order valence-electron chi connectivity index (χ2n) is 8.77. The molecule has 1 saturated carbocycles. The first-order valence-corrected chi connectivity index (χ1v) is 9.02. The van der Waals surface area contributed by atoms with Gasteiger partial charge in [0, 0.05) is 29.4 Å². The minimum Gasteiger partial charge on any atom is -0.507 e. The van der Waals surface area contributed by atoms with E-state index in [-0.39, 0.29) is 46.2 Å². The summed E-state index contributed by atoms with van der Waals surface area (Å²) in [5.74, 6) is -1.19. The molecule has 1 aromatic carbocycles. The number of aliphatic hydroxyl groups is 1. The Hall–Kier alpha value is -1.75. The van der Waals surface area contributed by atoms with Crippen LogP contribution in [-0.2, 0) is 11.8 Å². The lowest BCUT2D eigenvalue weighted by molar-refractivity contribution is 0.0350. The van der Waals surface area contributed by atoms with E-state index in [0.717, 1.165) is 19.3 Å². The van der Waals surface area contributed by atoms with Crippen LogP contribution < -0.4 is 0 Å². The highest BCUT2D eigenvalue weighted by Crippen LogP contribution is 2.61. The first kappa shape index (κ1) is 18.1. The average Bonchev–Trinajstić information content (AvgIpc) is 2.49. The Morgan fingerprint density at radius 2 is 1.72 bits per heavy atom. The molecule has 0 saturated heterocycles. The van der Waals surface area contributed by atoms with Gasteiger partial charge < -0.3 is 20.4 Å². The van der Waals surface area contributed by atoms with Crippen molar-refractivity contribution in [2.75, 3.05) is 0 Å². The van der Waals surface area contributed by atoms with E-state index in [4.69, 9.17) is 0 Å². The zero-order valence-electron chi connectivity index (χ0n) is 15.4. The Balaban J connectivity index is 2.29. The van der Waals surface area contributed by atoms with E-state index in [1.54, 1.807) is 0 Å². The molecular formula is C20H28O5. The summed E-state index contributed by atoms with van der Waals surface area (Å²) in [5.41, 5.74) is 0.00830. The zero-order chi connectivity index (χ0) is 18.7. The van der Waals surface area contributed by atoms with Crippen molar-refractivity contribution in [3.05, 3.63) is 16.7 Å². The van der Waals surface area contributed by atoms with Crippen LogP contribution in [0.25, 0.3) is 0 Å². The van der Waals surface area contributed by atoms with Gasteiger partial charge in [-0.3, -0.25) is 4.79 Å². The van der Waals surface area contributed by atoms with Crippen LogP contribution in [0.15, 0.2) is 0 Å². The summed E-state index contributed by atoms with van der Waals surface area (Å²) in [7, 11) is 0. The van der Waals surface area contributed by atoms with Gasteiger partial charge in [-0.15, -0.1) is 0 Å². The van der Waals surface area contributed by atoms with Gasteiger partial charge in [-0.05, 0) is 31.1 Å². The van der Waals surface area contributed by atoms with Gasteiger partial charge in [0.1, 0.15) is 5.75 Å². The van der Waals surface area contributed by atoms with Crippen LogP contribution in [0.5, 0.6) is 17.2 Å². The zero-order valence-corrected chi connectivity index (χ0v) is 15.4. The highest BCUT2D eigenvalue weighted by molar-refractivity contribution is 6.03. The number of aromatic hydroxyl groups is 3. The second-order valence-corrected chi connectivity index (χ2v) is 8.77. The van der Waals surface area contributed by atoms with Gasteiger partial charge in [-0.25, -0.2) is 0 Å². The lowest BCUT2D eigenvalue weighted by Gasteiger charge is -2.53. The molecule has 0 bridgehead atoms. The van der Waals surface area contributed by atoms with Gasteiger partial charge in [0.25, 0.3) is 0 Å². The van der Waals surface area contributed by atoms with Gasteiger partial charge in [0.2, 0.25) is 0 Å². The van der Waals surface area contributed by atoms with Gasteiger partial charge in [-0.1, -0.05) is 27.2 Å². The molecule has 2 aliphatic carbocycles. The van der Waals surface area contributed by atoms with E-state index in [9.17, 15) is 25.2 Å². The summed E-state index contributed by atoms with van der Waals surface area (Å²) in [4.78, 5) is 12.9. The van der Waals surface area contributed by atoms with Gasteiger partial charge >= 0.3 is 0 Å². The number of aliphatic hydroxyl groups excluding tert-OH is 1. The number of fused-ring (bicyclic) bond motifs is 3. The molecule has 1 aromatic rings. The lowest BCUT2D eigenvalue weighted by Crippen LogP contribution is -2.49. The first-order valence-electron chi connectivity index (χ1n) is 9.02. The average molecular weight is 348 g/mol. The molecule has 2 unspecified atom stereocenters. The van der Waals surface area contributed by atoms with Crippen LogP contribution in [0.2, 0.25) is 0 Å². The molecule has 0 amide bonds. The number of benzene rings is 1. The molecule has 138 valence electrons. The van der Waals surface area contributed by atoms with Crippen molar-refractivity contribution < 1.29 is 25.2 Å². The van der Waals surface area contributed by atoms with Crippen LogP contribution in [0.4, 0.5) is 0 Å². The fraction of sp³-hybridized carbons (Fsp3) is 0.650. The van der Waals surface area contributed by atoms with Gasteiger partial charge in [-0.2, -0.15) is 0 Å². The summed E-state index contributed by atoms with van der Waals surface area (Å²) in [5, 5.41) is 41.6. The van der Waals surface area contributed by atoms with Crippen LogP contribution in [-0.4, -0.2) is 32.3 Å². The molecule has 5 heteroatoms. The van der Waals surface area contributed by atoms with E-state index >= 15 is 0 Å². The number of hydrogen-bond donors (Lipinski definition) is 4. The van der Waals surface area contributed by atoms with E-state index in [1.165, 1.54) is 6.92 Å². The molecule has 0 spiro atoms. The lowest BCUT2D eigenvalue weighted by atomic mass is 9.50. The van der Waals surface area contributed by atoms with Crippen molar-refractivity contribution >= 4 is 5.78 Å². The van der Waals surface area contributed by atoms with Crippen molar-refractivity contribution in [1.82, 2.24) is 0 Å². The third-order valence-electron chi connectivity index (χ3n) is 6.49. The summed E-state index contributed by atoms with van der Waals surface area (Å²) in [6.45, 7) is 7.84. The standard InChI is InChI=1S/C20H28O5/c1-10(21)8-11-16(23)14-12(22)9-13-19(2,3)6-5-7-20(13,4)15(14)18(25)17(11)24/h10,13,21,23-25H,5-9H2,1-4H3/t10?,13?,20-/m1/s1. The molecule has 1 fully saturated rings. The fourth-order valence-corrected chi connectivity index (χ4v) is 5.29. The van der Waals surface area contributed by atoms with Crippen molar-refractivity contribution in [2.24, 2.45) is 11.3 Å². The number of phenols is 3. The van der Waals surface area contributed by atoms with E-state index in [1.807, 2.05) is 6.92 Å². The maximum atomic E-state index is 12.9. The first-order chi connectivity index (χ1) is 11.5. The van der Waals surface area contributed by atoms with Gasteiger partial charge in [0.15, 0.2) is 17.3 Å². The smallest absolute Gasteiger partial charge is 0.167 e. The number of carbonyl (C=O) groups is 1. The van der Waals surface area contributed by atoms with Crippen LogP contribution in [0, 0.1) is 11.3 Å². The predicted octanol–water partition coefficient (Wildman–Crippen LogP) is 3.40. The second kappa shape index (κ2) is 5.63. The molecule has 25 heavy (non-hydrogen) atoms. The van der Waals surface area contributed by atoms with Crippen molar-refractivity contribution in [2.45, 2.75) is 71.3 Å². The minimum absolute atomic E-state index is 0.0303. The number of ketones is 1. The minimum atomic E-state index is -0.815. The van der Waals surface area contributed by atoms with Crippen LogP contribution >= 0.6 is 0 Å². The summed E-state index contributed by atoms with van der Waals surface area (Å²) in [6.07, 6.45) is 2.24. The fourth-order valence-electron chi connectivity index (χ4n) is 5.29. The molecule has 2 aliphatic rings. The highest BCUT2D eigenvalue weighted by atomic mass is 16.3. The molecule has 0 aliphatic heterocycles. The molecule has 5 nitrogen and oxygen atoms in total. The Morgan fingerprint density at radius 3 is 2.32 bits per heavy atom. The quantitative estimate of drug-likeness (QED) is 0.485. The molecule has 4 N–H and O–H groups in total. The number of rotatable bonds is 2. The molecule has 3 rings (SSSR count). The van der Waals surface area contributed by atoms with Crippen molar-refractivity contribution in [1.29, 1.82) is 0 Å². The third kappa shape index (κ3) is 2.51. The predicted molar refractivity (Wildman–Crippen MR) is 94.2 cm³/mol. The van der Waals surface area contributed by atoms with Crippen molar-refractivity contribution in [3.8, 4) is 17.2 Å². The Kier molecular flexibility index (Phi) is 4.06. The summed E-state index contributed by atoms with van der Waals surface area (Å²) in [6, 6.07) is 0. The van der Waals surface area contributed by atoms with Crippen LogP contribution in [0.3, 0.4) is 0 Å². The van der Waals surface area contributed by atoms with Crippen LogP contribution in [0.1, 0.15) is 74.9 Å². The molecule has 3 atom stereocenters. The molecular weight excluding hydrogens is 320 g/mol. The Labute approximate surface area is 148 Å². The van der Waals surface area contributed by atoms with Crippen molar-refractivity contribution in [3.63, 3.8) is 0 Å². The Bertz CT molecular complexity index is 734. The maximum Gasteiger partial charge on any atom is 0.167 e. The third-order valence-corrected chi connectivity index (χ3v) is 6.49. The summed E-state index contributed by atoms with van der Waals surface area (Å²) >= 11 is 0. The summed E-state index contributed by atoms with van der Waals surface area (Å²) < 4.78 is 0. The number of carbonyl (C=O) groups excluding carboxylic acids is 1. The maximum absolute atomic E-state index is 12.9. The molecule has 0 radical (unpaired) electrons. The monoisotopic (exact) mass is 348 g/mol. The number of Topliss-reactive ketones (excluding diaryl/α,β-unsaturated/α-hetero) is 1. The van der Waals surface area contributed by atoms with E-state index in [2.05, 4.69) is 13.8 Å². The van der Waals surface area contributed by atoms with E-state index in [0.29, 0.717) is 12.0 Å². The SMILES string of the molecule is CC(O)Cc1c(O)c(O)c2c(c1O)C(=O)CC1C(C)(C)CCC[C@@]21C. The normalized spacial score (nSPS) is 29.0. The molecule has 0 heterocycles. The van der Waals surface area contributed by atoms with E-state index < -0.39 is 17.3 Å². The topological polar surface area (TPSA) is 98.0 Å². The number of phenolic OH excluding ortho intramolecular Hbond substituents is 3. The van der Waals surface area contributed by atoms with Gasteiger partial charge in [0.05, 0.1) is 11.7 Å².